The van der Waals surface area contributed by atoms with Crippen LogP contribution in [0.15, 0.2) is 17.6 Å². The summed E-state index contributed by atoms with van der Waals surface area (Å²) in [7, 11) is 1.40. The summed E-state index contributed by atoms with van der Waals surface area (Å²) in [6.45, 7) is 5.04. The van der Waals surface area contributed by atoms with E-state index in [2.05, 4.69) is 27.2 Å². The smallest absolute Gasteiger partial charge is 0.354 e. The lowest BCUT2D eigenvalue weighted by Crippen LogP contribution is -2.33. The quantitative estimate of drug-likeness (QED) is 0.880. The molecule has 1 atom stereocenters. The number of rotatable bonds is 4. The topological polar surface area (TPSA) is 58.2 Å². The van der Waals surface area contributed by atoms with E-state index < -0.39 is 0 Å². The van der Waals surface area contributed by atoms with Crippen molar-refractivity contribution in [3.05, 3.63) is 39.6 Å². The van der Waals surface area contributed by atoms with Crippen LogP contribution in [0.25, 0.3) is 0 Å². The minimum Gasteiger partial charge on any atom is -0.464 e. The molecule has 0 bridgehead atoms. The standard InChI is InChI=1S/C16H21N3O2S/c1-11-10-22-15(18-11)13-4-3-5-19(9-13)8-12-6-14(17-7-12)16(20)21-2/h6-7,10,13,17H,3-5,8-9H2,1-2H3. The van der Waals surface area contributed by atoms with Gasteiger partial charge in [0.25, 0.3) is 0 Å². The van der Waals surface area contributed by atoms with E-state index in [0.717, 1.165) is 30.9 Å². The van der Waals surface area contributed by atoms with Crippen molar-refractivity contribution >= 4 is 17.3 Å². The average Bonchev–Trinajstić information content (AvgIpc) is 3.16. The molecule has 0 aromatic carbocycles. The van der Waals surface area contributed by atoms with Crippen LogP contribution >= 0.6 is 11.3 Å². The zero-order chi connectivity index (χ0) is 15.5. The highest BCUT2D eigenvalue weighted by molar-refractivity contribution is 7.09. The Morgan fingerprint density at radius 1 is 1.59 bits per heavy atom. The number of ether oxygens (including phenoxy) is 1. The summed E-state index contributed by atoms with van der Waals surface area (Å²) in [4.78, 5) is 21.5. The first-order valence-corrected chi connectivity index (χ1v) is 8.43. The van der Waals surface area contributed by atoms with Crippen molar-refractivity contribution in [1.29, 1.82) is 0 Å². The molecule has 0 amide bonds. The number of nitrogens with one attached hydrogen (secondary N) is 1. The summed E-state index contributed by atoms with van der Waals surface area (Å²) in [5, 5.41) is 3.38. The number of piperidine rings is 1. The van der Waals surface area contributed by atoms with Gasteiger partial charge in [-0.15, -0.1) is 11.3 Å². The number of aromatic amines is 1. The second-order valence-electron chi connectivity index (χ2n) is 5.81. The number of carbonyl (C=O) groups excluding carboxylic acids is 1. The molecule has 3 rings (SSSR count). The zero-order valence-electron chi connectivity index (χ0n) is 13.0. The third-order valence-corrected chi connectivity index (χ3v) is 5.17. The van der Waals surface area contributed by atoms with Crippen molar-refractivity contribution < 1.29 is 9.53 Å². The fourth-order valence-electron chi connectivity index (χ4n) is 2.98. The second-order valence-corrected chi connectivity index (χ2v) is 6.70. The Bertz CT molecular complexity index is 649. The summed E-state index contributed by atoms with van der Waals surface area (Å²) in [5.41, 5.74) is 2.75. The molecule has 3 heterocycles. The largest absolute Gasteiger partial charge is 0.464 e. The zero-order valence-corrected chi connectivity index (χ0v) is 13.8. The third-order valence-electron chi connectivity index (χ3n) is 4.05. The van der Waals surface area contributed by atoms with E-state index >= 15 is 0 Å². The molecule has 1 N–H and O–H groups in total. The molecule has 0 spiro atoms. The molecular weight excluding hydrogens is 298 g/mol. The highest BCUT2D eigenvalue weighted by Crippen LogP contribution is 2.29. The van der Waals surface area contributed by atoms with E-state index in [0.29, 0.717) is 11.6 Å². The van der Waals surface area contributed by atoms with Gasteiger partial charge >= 0.3 is 5.97 Å². The van der Waals surface area contributed by atoms with Gasteiger partial charge in [0.05, 0.1) is 12.1 Å². The first kappa shape index (κ1) is 15.2. The lowest BCUT2D eigenvalue weighted by molar-refractivity contribution is 0.0594. The lowest BCUT2D eigenvalue weighted by atomic mass is 9.98. The van der Waals surface area contributed by atoms with Gasteiger partial charge in [0.15, 0.2) is 0 Å². The highest BCUT2D eigenvalue weighted by atomic mass is 32.1. The number of aromatic nitrogens is 2. The van der Waals surface area contributed by atoms with Gasteiger partial charge in [-0.3, -0.25) is 4.90 Å². The van der Waals surface area contributed by atoms with Gasteiger partial charge < -0.3 is 9.72 Å². The predicted molar refractivity (Wildman–Crippen MR) is 86.2 cm³/mol. The minimum atomic E-state index is -0.318. The summed E-state index contributed by atoms with van der Waals surface area (Å²) in [6.07, 6.45) is 4.30. The van der Waals surface area contributed by atoms with Gasteiger partial charge in [-0.25, -0.2) is 9.78 Å². The molecule has 1 unspecified atom stereocenters. The molecule has 2 aromatic heterocycles. The highest BCUT2D eigenvalue weighted by Gasteiger charge is 2.24. The van der Waals surface area contributed by atoms with E-state index in [1.165, 1.54) is 25.0 Å². The Morgan fingerprint density at radius 2 is 2.45 bits per heavy atom. The molecule has 5 nitrogen and oxygen atoms in total. The van der Waals surface area contributed by atoms with Crippen LogP contribution in [0.3, 0.4) is 0 Å². The van der Waals surface area contributed by atoms with Crippen LogP contribution in [0, 0.1) is 6.92 Å². The molecule has 22 heavy (non-hydrogen) atoms. The normalized spacial score (nSPS) is 19.3. The molecule has 1 saturated heterocycles. The maximum absolute atomic E-state index is 11.5. The van der Waals surface area contributed by atoms with E-state index in [1.54, 1.807) is 11.3 Å². The summed E-state index contributed by atoms with van der Waals surface area (Å²) in [6, 6.07) is 1.88. The van der Waals surface area contributed by atoms with Gasteiger partial charge in [0, 0.05) is 36.3 Å². The maximum atomic E-state index is 11.5. The van der Waals surface area contributed by atoms with Crippen LogP contribution in [-0.2, 0) is 11.3 Å². The van der Waals surface area contributed by atoms with E-state index in [-0.39, 0.29) is 5.97 Å². The van der Waals surface area contributed by atoms with Gasteiger partial charge in [-0.1, -0.05) is 0 Å². The minimum absolute atomic E-state index is 0.318. The molecule has 0 saturated carbocycles. The maximum Gasteiger partial charge on any atom is 0.354 e. The number of H-pyrrole nitrogens is 1. The van der Waals surface area contributed by atoms with Crippen molar-refractivity contribution in [2.24, 2.45) is 0 Å². The SMILES string of the molecule is COC(=O)c1cc(CN2CCCC(c3nc(C)cs3)C2)c[nH]1. The molecule has 118 valence electrons. The molecule has 6 heteroatoms. The predicted octanol–water partition coefficient (Wildman–Crippen LogP) is 2.95. The van der Waals surface area contributed by atoms with E-state index in [4.69, 9.17) is 4.74 Å². The van der Waals surface area contributed by atoms with E-state index in [9.17, 15) is 4.79 Å². The monoisotopic (exact) mass is 319 g/mol. The first-order valence-electron chi connectivity index (χ1n) is 7.55. The third kappa shape index (κ3) is 3.39. The Morgan fingerprint density at radius 3 is 3.18 bits per heavy atom. The number of hydrogen-bond donors (Lipinski definition) is 1. The number of methoxy groups -OCH3 is 1. The van der Waals surface area contributed by atoms with Crippen LogP contribution in [0.4, 0.5) is 0 Å². The van der Waals surface area contributed by atoms with E-state index in [1.807, 2.05) is 12.3 Å². The van der Waals surface area contributed by atoms with Gasteiger partial charge in [0.1, 0.15) is 5.69 Å². The number of aryl methyl sites for hydroxylation is 1. The fourth-order valence-corrected chi connectivity index (χ4v) is 3.90. The number of esters is 1. The number of thiazole rings is 1. The van der Waals surface area contributed by atoms with Crippen molar-refractivity contribution in [3.8, 4) is 0 Å². The van der Waals surface area contributed by atoms with Crippen LogP contribution in [-0.4, -0.2) is 41.0 Å². The summed E-state index contributed by atoms with van der Waals surface area (Å²) >= 11 is 1.77. The fraction of sp³-hybridized carbons (Fsp3) is 0.500. The number of carbonyl (C=O) groups is 1. The van der Waals surface area contributed by atoms with Crippen molar-refractivity contribution in [1.82, 2.24) is 14.9 Å². The molecule has 0 radical (unpaired) electrons. The Balaban J connectivity index is 1.63. The van der Waals surface area contributed by atoms with Crippen molar-refractivity contribution in [2.75, 3.05) is 20.2 Å². The van der Waals surface area contributed by atoms with Gasteiger partial charge in [-0.2, -0.15) is 0 Å². The number of likely N-dealkylation sites (tertiary alicyclic amines) is 1. The van der Waals surface area contributed by atoms with Crippen LogP contribution in [0.5, 0.6) is 0 Å². The molecular formula is C16H21N3O2S. The number of nitrogens with zero attached hydrogens (tertiary/aromatic N) is 2. The molecule has 2 aromatic rings. The molecule has 1 aliphatic rings. The Labute approximate surface area is 134 Å². The molecule has 0 aliphatic carbocycles. The van der Waals surface area contributed by atoms with Crippen LogP contribution < -0.4 is 0 Å². The molecule has 1 aliphatic heterocycles. The van der Waals surface area contributed by atoms with Crippen molar-refractivity contribution in [3.63, 3.8) is 0 Å². The van der Waals surface area contributed by atoms with Crippen molar-refractivity contribution in [2.45, 2.75) is 32.2 Å². The number of hydrogen-bond acceptors (Lipinski definition) is 5. The summed E-state index contributed by atoms with van der Waals surface area (Å²) < 4.78 is 4.73. The second kappa shape index (κ2) is 6.62. The first-order chi connectivity index (χ1) is 10.7. The van der Waals surface area contributed by atoms with Crippen LogP contribution in [0.1, 0.15) is 45.5 Å². The Hall–Kier alpha value is -1.66. The van der Waals surface area contributed by atoms with Gasteiger partial charge in [-0.05, 0) is 37.9 Å². The summed E-state index contributed by atoms with van der Waals surface area (Å²) in [5.74, 6) is 0.215. The average molecular weight is 319 g/mol. The Kier molecular flexibility index (Phi) is 4.59. The van der Waals surface area contributed by atoms with Crippen LogP contribution in [0.2, 0.25) is 0 Å². The molecule has 1 fully saturated rings. The van der Waals surface area contributed by atoms with Gasteiger partial charge in [0.2, 0.25) is 0 Å². The lowest BCUT2D eigenvalue weighted by Gasteiger charge is -2.31.